The smallest absolute Gasteiger partial charge is 0.293 e. The van der Waals surface area contributed by atoms with Crippen LogP contribution in [-0.4, -0.2) is 85.4 Å². The van der Waals surface area contributed by atoms with Gasteiger partial charge in [0.15, 0.2) is 0 Å². The lowest BCUT2D eigenvalue weighted by Gasteiger charge is -2.28. The van der Waals surface area contributed by atoms with Crippen molar-refractivity contribution < 1.29 is 33.6 Å². The Hall–Kier alpha value is -4.29. The maximum absolute atomic E-state index is 13.2. The number of hydrogen-bond donors (Lipinski definition) is 5. The number of nitrogens with zero attached hydrogens (tertiary/aromatic N) is 1. The Morgan fingerprint density at radius 3 is 1.88 bits per heavy atom. The van der Waals surface area contributed by atoms with E-state index >= 15 is 0 Å². The molecule has 6 amide bonds. The SMILES string of the molecule is Cc1ccc(NC(=O)C(=O)CNC(=O)[C@H](CC(=O)N(C)C)NC(=O)C(NC(=O)[C@@H](NC=O)C(C)C)C(C)C)cc1. The van der Waals surface area contributed by atoms with Crippen molar-refractivity contribution in [2.24, 2.45) is 11.8 Å². The predicted octanol–water partition coefficient (Wildman–Crippen LogP) is -0.507. The zero-order chi connectivity index (χ0) is 30.6. The minimum absolute atomic E-state index is 0.266. The molecule has 13 nitrogen and oxygen atoms in total. The molecule has 0 saturated carbocycles. The van der Waals surface area contributed by atoms with Crippen molar-refractivity contribution in [1.29, 1.82) is 0 Å². The maximum atomic E-state index is 13.2. The Morgan fingerprint density at radius 2 is 1.38 bits per heavy atom. The van der Waals surface area contributed by atoms with Crippen LogP contribution in [0, 0.1) is 18.8 Å². The van der Waals surface area contributed by atoms with Gasteiger partial charge in [0.25, 0.3) is 5.91 Å². The van der Waals surface area contributed by atoms with Gasteiger partial charge < -0.3 is 31.5 Å². The molecule has 1 unspecified atom stereocenters. The van der Waals surface area contributed by atoms with Crippen LogP contribution in [0.4, 0.5) is 5.69 Å². The zero-order valence-corrected chi connectivity index (χ0v) is 24.0. The van der Waals surface area contributed by atoms with Crippen LogP contribution in [0.25, 0.3) is 0 Å². The predicted molar refractivity (Wildman–Crippen MR) is 148 cm³/mol. The van der Waals surface area contributed by atoms with E-state index < -0.39 is 72.3 Å². The molecule has 0 bridgehead atoms. The van der Waals surface area contributed by atoms with E-state index in [0.717, 1.165) is 5.56 Å². The van der Waals surface area contributed by atoms with Gasteiger partial charge in [0.2, 0.25) is 35.8 Å². The molecule has 1 aromatic carbocycles. The number of hydrogen-bond acceptors (Lipinski definition) is 7. The van der Waals surface area contributed by atoms with Gasteiger partial charge in [-0.25, -0.2) is 0 Å². The van der Waals surface area contributed by atoms with Crippen LogP contribution < -0.4 is 26.6 Å². The number of anilines is 1. The molecule has 0 heterocycles. The molecular formula is C27H40N6O7. The minimum Gasteiger partial charge on any atom is -0.349 e. The van der Waals surface area contributed by atoms with E-state index in [1.165, 1.54) is 19.0 Å². The Kier molecular flexibility index (Phi) is 13.5. The molecule has 40 heavy (non-hydrogen) atoms. The van der Waals surface area contributed by atoms with E-state index in [4.69, 9.17) is 0 Å². The molecule has 1 aromatic rings. The van der Waals surface area contributed by atoms with Crippen molar-refractivity contribution in [3.63, 3.8) is 0 Å². The lowest BCUT2D eigenvalue weighted by Crippen LogP contribution is -2.59. The second-order valence-corrected chi connectivity index (χ2v) is 10.3. The quantitative estimate of drug-likeness (QED) is 0.141. The van der Waals surface area contributed by atoms with E-state index in [1.807, 2.05) is 6.92 Å². The second kappa shape index (κ2) is 16.0. The van der Waals surface area contributed by atoms with Gasteiger partial charge in [-0.2, -0.15) is 0 Å². The monoisotopic (exact) mass is 560 g/mol. The van der Waals surface area contributed by atoms with Crippen molar-refractivity contribution in [1.82, 2.24) is 26.2 Å². The number of benzene rings is 1. The Morgan fingerprint density at radius 1 is 0.825 bits per heavy atom. The summed E-state index contributed by atoms with van der Waals surface area (Å²) in [5.41, 5.74) is 1.37. The first-order chi connectivity index (χ1) is 18.7. The summed E-state index contributed by atoms with van der Waals surface area (Å²) in [6.45, 7) is 7.99. The highest BCUT2D eigenvalue weighted by atomic mass is 16.2. The fourth-order valence-electron chi connectivity index (χ4n) is 3.46. The van der Waals surface area contributed by atoms with Crippen LogP contribution in [0.2, 0.25) is 0 Å². The van der Waals surface area contributed by atoms with Gasteiger partial charge in [0.1, 0.15) is 18.1 Å². The van der Waals surface area contributed by atoms with Crippen LogP contribution in [-0.2, 0) is 33.6 Å². The van der Waals surface area contributed by atoms with Crippen molar-refractivity contribution in [3.8, 4) is 0 Å². The highest BCUT2D eigenvalue weighted by Crippen LogP contribution is 2.09. The summed E-state index contributed by atoms with van der Waals surface area (Å²) in [7, 11) is 2.95. The number of carbonyl (C=O) groups is 7. The third kappa shape index (κ3) is 10.8. The number of Topliss-reactive ketones (excluding diaryl/α,β-unsaturated/α-hetero) is 1. The Bertz CT molecular complexity index is 1090. The van der Waals surface area contributed by atoms with Crippen LogP contribution in [0.3, 0.4) is 0 Å². The van der Waals surface area contributed by atoms with Crippen LogP contribution in [0.5, 0.6) is 0 Å². The van der Waals surface area contributed by atoms with Crippen molar-refractivity contribution >= 4 is 47.4 Å². The summed E-state index contributed by atoms with van der Waals surface area (Å²) < 4.78 is 0. The van der Waals surface area contributed by atoms with E-state index in [-0.39, 0.29) is 5.92 Å². The highest BCUT2D eigenvalue weighted by Gasteiger charge is 2.33. The largest absolute Gasteiger partial charge is 0.349 e. The molecule has 0 radical (unpaired) electrons. The molecule has 0 aromatic heterocycles. The van der Waals surface area contributed by atoms with E-state index in [1.54, 1.807) is 52.0 Å². The van der Waals surface area contributed by atoms with Gasteiger partial charge in [-0.15, -0.1) is 0 Å². The Balaban J connectivity index is 2.96. The fraction of sp³-hybridized carbons (Fsp3) is 0.519. The fourth-order valence-corrected chi connectivity index (χ4v) is 3.46. The molecule has 13 heteroatoms. The second-order valence-electron chi connectivity index (χ2n) is 10.3. The van der Waals surface area contributed by atoms with Gasteiger partial charge >= 0.3 is 0 Å². The Labute approximate surface area is 234 Å². The molecular weight excluding hydrogens is 520 g/mol. The number of aryl methyl sites for hydroxylation is 1. The molecule has 0 spiro atoms. The summed E-state index contributed by atoms with van der Waals surface area (Å²) >= 11 is 0. The maximum Gasteiger partial charge on any atom is 0.293 e. The van der Waals surface area contributed by atoms with Gasteiger partial charge in [-0.05, 0) is 30.9 Å². The molecule has 0 aliphatic carbocycles. The molecule has 3 atom stereocenters. The summed E-state index contributed by atoms with van der Waals surface area (Å²) in [5.74, 6) is -5.25. The van der Waals surface area contributed by atoms with Crippen molar-refractivity contribution in [2.45, 2.75) is 59.2 Å². The van der Waals surface area contributed by atoms with Gasteiger partial charge in [0, 0.05) is 19.8 Å². The number of rotatable bonds is 15. The van der Waals surface area contributed by atoms with Gasteiger partial charge in [-0.3, -0.25) is 33.6 Å². The molecule has 1 rings (SSSR count). The standard InChI is InChI=1S/C27H40N6O7/c1-15(2)22(29-14-34)26(39)32-23(16(3)4)27(40)31-19(12-21(36)33(6)7)24(37)28-13-20(35)25(38)30-18-10-8-17(5)9-11-18/h8-11,14-16,19,22-23H,12-13H2,1-7H3,(H,28,37)(H,29,34)(H,30,38)(H,31,40)(H,32,39)/t19-,22-,23?/m0/s1. The normalized spacial score (nSPS) is 12.9. The highest BCUT2D eigenvalue weighted by molar-refractivity contribution is 6.41. The van der Waals surface area contributed by atoms with E-state index in [2.05, 4.69) is 26.6 Å². The molecule has 0 aliphatic rings. The first-order valence-electron chi connectivity index (χ1n) is 12.9. The first-order valence-corrected chi connectivity index (χ1v) is 12.9. The summed E-state index contributed by atoms with van der Waals surface area (Å²) in [6, 6.07) is 3.37. The number of ketones is 1. The zero-order valence-electron chi connectivity index (χ0n) is 24.0. The summed E-state index contributed by atoms with van der Waals surface area (Å²) in [6.07, 6.45) is -0.0430. The number of amides is 6. The summed E-state index contributed by atoms with van der Waals surface area (Å²) in [5, 5.41) is 12.2. The van der Waals surface area contributed by atoms with E-state index in [9.17, 15) is 33.6 Å². The summed E-state index contributed by atoms with van der Waals surface area (Å²) in [4.78, 5) is 87.9. The molecule has 5 N–H and O–H groups in total. The third-order valence-corrected chi connectivity index (χ3v) is 5.94. The number of nitrogens with one attached hydrogen (secondary N) is 5. The van der Waals surface area contributed by atoms with Crippen LogP contribution in [0.1, 0.15) is 39.7 Å². The van der Waals surface area contributed by atoms with Crippen LogP contribution >= 0.6 is 0 Å². The average Bonchev–Trinajstić information content (AvgIpc) is 2.88. The molecule has 220 valence electrons. The molecule has 0 fully saturated rings. The third-order valence-electron chi connectivity index (χ3n) is 5.94. The van der Waals surface area contributed by atoms with Crippen LogP contribution in [0.15, 0.2) is 24.3 Å². The van der Waals surface area contributed by atoms with Gasteiger partial charge in [0.05, 0.1) is 13.0 Å². The number of carbonyl (C=O) groups excluding carboxylic acids is 7. The lowest BCUT2D eigenvalue weighted by molar-refractivity contribution is -0.138. The first kappa shape index (κ1) is 33.7. The van der Waals surface area contributed by atoms with Crippen molar-refractivity contribution in [2.75, 3.05) is 26.0 Å². The minimum atomic E-state index is -1.40. The lowest BCUT2D eigenvalue weighted by atomic mass is 9.99. The molecule has 0 aliphatic heterocycles. The average molecular weight is 561 g/mol. The van der Waals surface area contributed by atoms with Crippen molar-refractivity contribution in [3.05, 3.63) is 29.8 Å². The van der Waals surface area contributed by atoms with Gasteiger partial charge in [-0.1, -0.05) is 45.4 Å². The van der Waals surface area contributed by atoms with E-state index in [0.29, 0.717) is 12.1 Å². The molecule has 0 saturated heterocycles. The topological polar surface area (TPSA) is 183 Å².